The highest BCUT2D eigenvalue weighted by Gasteiger charge is 2.11. The summed E-state index contributed by atoms with van der Waals surface area (Å²) in [5.74, 6) is 4.02. The third-order valence-corrected chi connectivity index (χ3v) is 4.47. The number of rotatable bonds is 6. The van der Waals surface area contributed by atoms with Gasteiger partial charge in [-0.05, 0) is 48.9 Å². The minimum atomic E-state index is -1.08. The van der Waals surface area contributed by atoms with Gasteiger partial charge in [-0.15, -0.1) is 0 Å². The summed E-state index contributed by atoms with van der Waals surface area (Å²) < 4.78 is 2.13. The maximum Gasteiger partial charge on any atom is 0.322 e. The number of carboxylic acid groups (broad SMARTS) is 1. The second kappa shape index (κ2) is 7.83. The number of nitrogens with zero attached hydrogens (tertiary/aromatic N) is 2. The molecule has 0 saturated heterocycles. The number of hydrazone groups is 1. The molecule has 8 nitrogen and oxygen atoms in total. The Morgan fingerprint density at radius 1 is 1.14 bits per heavy atom. The van der Waals surface area contributed by atoms with E-state index in [2.05, 4.69) is 15.0 Å². The number of carboxylic acids is 1. The molecule has 0 aliphatic rings. The van der Waals surface area contributed by atoms with E-state index in [9.17, 15) is 9.59 Å². The van der Waals surface area contributed by atoms with E-state index in [-0.39, 0.29) is 5.84 Å². The Bertz CT molecular complexity index is 1080. The number of aryl methyl sites for hydroxylation is 1. The standard InChI is InChI=1S/C20H21N5O3/c1-12-7-16-9-14(19(21)24-22)5-6-17(16)25(12)11-13-3-2-4-15(8-13)20(28)23-10-18(26)27/h2-9H,10-11,22H2,1H3,(H2,21,24)(H,23,28)(H,26,27). The molecule has 1 aromatic heterocycles. The van der Waals surface area contributed by atoms with Crippen molar-refractivity contribution < 1.29 is 14.7 Å². The largest absolute Gasteiger partial charge is 0.480 e. The van der Waals surface area contributed by atoms with Crippen molar-refractivity contribution in [3.05, 3.63) is 70.9 Å². The van der Waals surface area contributed by atoms with Crippen LogP contribution in [0.15, 0.2) is 53.6 Å². The minimum absolute atomic E-state index is 0.271. The molecule has 6 N–H and O–H groups in total. The molecule has 0 unspecified atom stereocenters. The molecule has 0 spiro atoms. The van der Waals surface area contributed by atoms with Gasteiger partial charge in [0.25, 0.3) is 5.91 Å². The quantitative estimate of drug-likeness (QED) is 0.222. The summed E-state index contributed by atoms with van der Waals surface area (Å²) in [6.07, 6.45) is 0. The number of hydrogen-bond donors (Lipinski definition) is 4. The van der Waals surface area contributed by atoms with Crippen molar-refractivity contribution in [3.63, 3.8) is 0 Å². The maximum atomic E-state index is 12.1. The van der Waals surface area contributed by atoms with Crippen LogP contribution in [-0.4, -0.2) is 33.9 Å². The fraction of sp³-hybridized carbons (Fsp3) is 0.150. The zero-order chi connectivity index (χ0) is 20.3. The highest BCUT2D eigenvalue weighted by atomic mass is 16.4. The average molecular weight is 379 g/mol. The van der Waals surface area contributed by atoms with Gasteiger partial charge in [0.1, 0.15) is 12.4 Å². The number of aromatic nitrogens is 1. The van der Waals surface area contributed by atoms with E-state index in [4.69, 9.17) is 16.7 Å². The fourth-order valence-corrected chi connectivity index (χ4v) is 3.10. The van der Waals surface area contributed by atoms with Crippen molar-refractivity contribution in [2.24, 2.45) is 16.7 Å². The average Bonchev–Trinajstić information content (AvgIpc) is 3.00. The topological polar surface area (TPSA) is 136 Å². The number of aliphatic carboxylic acids is 1. The van der Waals surface area contributed by atoms with Crippen molar-refractivity contribution in [2.75, 3.05) is 6.54 Å². The molecule has 0 aliphatic carbocycles. The molecule has 0 atom stereocenters. The summed E-state index contributed by atoms with van der Waals surface area (Å²) in [6.45, 7) is 2.15. The summed E-state index contributed by atoms with van der Waals surface area (Å²) in [7, 11) is 0. The van der Waals surface area contributed by atoms with E-state index in [1.807, 2.05) is 37.3 Å². The fourth-order valence-electron chi connectivity index (χ4n) is 3.10. The van der Waals surface area contributed by atoms with E-state index in [1.54, 1.807) is 18.2 Å². The molecular weight excluding hydrogens is 358 g/mol. The number of amidine groups is 1. The Morgan fingerprint density at radius 2 is 1.93 bits per heavy atom. The molecule has 0 bridgehead atoms. The Balaban J connectivity index is 1.88. The van der Waals surface area contributed by atoms with Gasteiger partial charge in [-0.3, -0.25) is 9.59 Å². The Labute approximate surface area is 161 Å². The van der Waals surface area contributed by atoms with Gasteiger partial charge in [-0.1, -0.05) is 12.1 Å². The second-order valence-corrected chi connectivity index (χ2v) is 6.44. The first-order valence-electron chi connectivity index (χ1n) is 8.61. The molecule has 2 aromatic carbocycles. The van der Waals surface area contributed by atoms with Crippen LogP contribution in [-0.2, 0) is 11.3 Å². The van der Waals surface area contributed by atoms with E-state index in [0.717, 1.165) is 27.7 Å². The SMILES string of the molecule is Cc1cc2cc(/C(N)=N/N)ccc2n1Cc1cccc(C(=O)NCC(=O)O)c1. The number of hydrogen-bond acceptors (Lipinski definition) is 4. The Hall–Kier alpha value is -3.81. The molecule has 3 rings (SSSR count). The van der Waals surface area contributed by atoms with Crippen LogP contribution in [0.25, 0.3) is 10.9 Å². The summed E-state index contributed by atoms with van der Waals surface area (Å²) in [6, 6.07) is 14.9. The van der Waals surface area contributed by atoms with E-state index < -0.39 is 18.4 Å². The van der Waals surface area contributed by atoms with Crippen LogP contribution in [0, 0.1) is 6.92 Å². The van der Waals surface area contributed by atoms with Gasteiger partial charge >= 0.3 is 5.97 Å². The van der Waals surface area contributed by atoms with E-state index in [0.29, 0.717) is 12.1 Å². The van der Waals surface area contributed by atoms with Crippen molar-refractivity contribution in [3.8, 4) is 0 Å². The number of carbonyl (C=O) groups excluding carboxylic acids is 1. The molecule has 0 saturated carbocycles. The molecule has 0 radical (unpaired) electrons. The first-order chi connectivity index (χ1) is 13.4. The van der Waals surface area contributed by atoms with Gasteiger partial charge in [0, 0.05) is 34.3 Å². The lowest BCUT2D eigenvalue weighted by atomic mass is 10.1. The third kappa shape index (κ3) is 3.96. The molecule has 1 amide bonds. The van der Waals surface area contributed by atoms with Crippen molar-refractivity contribution in [1.82, 2.24) is 9.88 Å². The van der Waals surface area contributed by atoms with E-state index >= 15 is 0 Å². The van der Waals surface area contributed by atoms with Gasteiger partial charge in [-0.25, -0.2) is 0 Å². The zero-order valence-corrected chi connectivity index (χ0v) is 15.3. The number of fused-ring (bicyclic) bond motifs is 1. The second-order valence-electron chi connectivity index (χ2n) is 6.44. The maximum absolute atomic E-state index is 12.1. The van der Waals surface area contributed by atoms with Crippen LogP contribution in [0.1, 0.15) is 27.2 Å². The van der Waals surface area contributed by atoms with Gasteiger partial charge in [0.2, 0.25) is 0 Å². The highest BCUT2D eigenvalue weighted by Crippen LogP contribution is 2.22. The molecular formula is C20H21N5O3. The summed E-state index contributed by atoms with van der Waals surface area (Å²) in [5.41, 5.74) is 9.96. The molecule has 1 heterocycles. The van der Waals surface area contributed by atoms with Gasteiger partial charge in [0.05, 0.1) is 0 Å². The van der Waals surface area contributed by atoms with Crippen LogP contribution in [0.3, 0.4) is 0 Å². The lowest BCUT2D eigenvalue weighted by molar-refractivity contribution is -0.135. The van der Waals surface area contributed by atoms with Crippen LogP contribution >= 0.6 is 0 Å². The first kappa shape index (κ1) is 19.0. The lowest BCUT2D eigenvalue weighted by Crippen LogP contribution is -2.29. The number of nitrogens with one attached hydrogen (secondary N) is 1. The minimum Gasteiger partial charge on any atom is -0.480 e. The monoisotopic (exact) mass is 379 g/mol. The van der Waals surface area contributed by atoms with Crippen molar-refractivity contribution in [2.45, 2.75) is 13.5 Å². The lowest BCUT2D eigenvalue weighted by Gasteiger charge is -2.10. The predicted molar refractivity (Wildman–Crippen MR) is 107 cm³/mol. The molecule has 3 aromatic rings. The number of amides is 1. The molecule has 8 heteroatoms. The number of nitrogens with two attached hydrogens (primary N) is 2. The van der Waals surface area contributed by atoms with Crippen LogP contribution in [0.2, 0.25) is 0 Å². The number of carbonyl (C=O) groups is 2. The Morgan fingerprint density at radius 3 is 2.64 bits per heavy atom. The zero-order valence-electron chi connectivity index (χ0n) is 15.3. The molecule has 28 heavy (non-hydrogen) atoms. The number of benzene rings is 2. The molecule has 144 valence electrons. The predicted octanol–water partition coefficient (Wildman–Crippen LogP) is 1.39. The van der Waals surface area contributed by atoms with E-state index in [1.165, 1.54) is 0 Å². The Kier molecular flexibility index (Phi) is 5.30. The highest BCUT2D eigenvalue weighted by molar-refractivity contribution is 6.00. The van der Waals surface area contributed by atoms with Gasteiger partial charge in [-0.2, -0.15) is 5.10 Å². The van der Waals surface area contributed by atoms with Gasteiger partial charge < -0.3 is 26.6 Å². The van der Waals surface area contributed by atoms with Crippen molar-refractivity contribution >= 4 is 28.6 Å². The van der Waals surface area contributed by atoms with Crippen LogP contribution < -0.4 is 16.9 Å². The summed E-state index contributed by atoms with van der Waals surface area (Å²) in [4.78, 5) is 22.7. The molecule has 0 fully saturated rings. The van der Waals surface area contributed by atoms with Gasteiger partial charge in [0.15, 0.2) is 0 Å². The summed E-state index contributed by atoms with van der Waals surface area (Å²) >= 11 is 0. The smallest absolute Gasteiger partial charge is 0.322 e. The van der Waals surface area contributed by atoms with Crippen LogP contribution in [0.5, 0.6) is 0 Å². The van der Waals surface area contributed by atoms with Crippen LogP contribution in [0.4, 0.5) is 0 Å². The van der Waals surface area contributed by atoms with Crippen molar-refractivity contribution in [1.29, 1.82) is 0 Å². The molecule has 0 aliphatic heterocycles. The third-order valence-electron chi connectivity index (χ3n) is 4.47. The summed E-state index contributed by atoms with van der Waals surface area (Å²) in [5, 5.41) is 15.6. The normalized spacial score (nSPS) is 11.5. The first-order valence-corrected chi connectivity index (χ1v) is 8.61.